The van der Waals surface area contributed by atoms with Crippen LogP contribution < -0.4 is 0 Å². The minimum atomic E-state index is -1.76. The van der Waals surface area contributed by atoms with E-state index in [0.29, 0.717) is 12.1 Å². The van der Waals surface area contributed by atoms with E-state index >= 15 is 0 Å². The van der Waals surface area contributed by atoms with E-state index in [0.717, 1.165) is 13.1 Å². The minimum Gasteiger partial charge on any atom is -0.292 e. The second kappa shape index (κ2) is 5.74. The van der Waals surface area contributed by atoms with Gasteiger partial charge in [0, 0.05) is 25.2 Å². The van der Waals surface area contributed by atoms with Gasteiger partial charge in [0.1, 0.15) is 0 Å². The highest BCUT2D eigenvalue weighted by atomic mass is 31.1. The molecule has 0 radical (unpaired) electrons. The monoisotopic (exact) mass is 300 g/mol. The van der Waals surface area contributed by atoms with Crippen molar-refractivity contribution in [3.63, 3.8) is 0 Å². The standard InChI is InChI=1S/C16H33N2OP/c1-15(2,3)11-17-13-9-7-8-10-14(13)18(20(17)19)12-16(4,5)6/h13-14,20H,7-12H2,1-6H3/t13-,14-/m1/s1. The zero-order valence-corrected chi connectivity index (χ0v) is 15.2. The van der Waals surface area contributed by atoms with Gasteiger partial charge in [0.25, 0.3) is 0 Å². The maximum atomic E-state index is 13.1. The van der Waals surface area contributed by atoms with E-state index in [4.69, 9.17) is 0 Å². The van der Waals surface area contributed by atoms with E-state index < -0.39 is 8.10 Å². The zero-order valence-electron chi connectivity index (χ0n) is 14.2. The summed E-state index contributed by atoms with van der Waals surface area (Å²) in [5.41, 5.74) is 0.445. The van der Waals surface area contributed by atoms with Gasteiger partial charge < -0.3 is 0 Å². The van der Waals surface area contributed by atoms with Crippen LogP contribution in [0.3, 0.4) is 0 Å². The summed E-state index contributed by atoms with van der Waals surface area (Å²) in [5.74, 6) is 0. The summed E-state index contributed by atoms with van der Waals surface area (Å²) in [6.07, 6.45) is 5.08. The molecule has 2 aliphatic rings. The first-order chi connectivity index (χ1) is 9.08. The van der Waals surface area contributed by atoms with Crippen molar-refractivity contribution in [2.24, 2.45) is 10.8 Å². The van der Waals surface area contributed by atoms with Crippen LogP contribution in [0.2, 0.25) is 0 Å². The first-order valence-corrected chi connectivity index (χ1v) is 9.46. The molecule has 2 atom stereocenters. The molecule has 0 aromatic carbocycles. The Morgan fingerprint density at radius 3 is 1.50 bits per heavy atom. The number of hydrogen-bond donors (Lipinski definition) is 0. The molecule has 0 aromatic rings. The van der Waals surface area contributed by atoms with Crippen LogP contribution in [0.1, 0.15) is 67.2 Å². The van der Waals surface area contributed by atoms with Crippen LogP contribution in [0.25, 0.3) is 0 Å². The second-order valence-electron chi connectivity index (χ2n) is 9.08. The van der Waals surface area contributed by atoms with E-state index in [1.54, 1.807) is 0 Å². The lowest BCUT2D eigenvalue weighted by Crippen LogP contribution is -2.43. The summed E-state index contributed by atoms with van der Waals surface area (Å²) >= 11 is 0. The molecule has 1 aliphatic carbocycles. The topological polar surface area (TPSA) is 23.6 Å². The van der Waals surface area contributed by atoms with Crippen LogP contribution in [0.4, 0.5) is 0 Å². The summed E-state index contributed by atoms with van der Waals surface area (Å²) in [4.78, 5) is 0. The van der Waals surface area contributed by atoms with E-state index in [2.05, 4.69) is 50.9 Å². The fraction of sp³-hybridized carbons (Fsp3) is 1.00. The fourth-order valence-corrected chi connectivity index (χ4v) is 6.38. The van der Waals surface area contributed by atoms with Crippen molar-refractivity contribution in [3.05, 3.63) is 0 Å². The number of fused-ring (bicyclic) bond motifs is 1. The largest absolute Gasteiger partial charge is 0.292 e. The normalized spacial score (nSPS) is 30.7. The molecular formula is C16H33N2OP. The van der Waals surface area contributed by atoms with Crippen LogP contribution in [-0.4, -0.2) is 34.5 Å². The Bertz CT molecular complexity index is 336. The summed E-state index contributed by atoms with van der Waals surface area (Å²) in [6, 6.07) is 1.08. The molecule has 0 spiro atoms. The fourth-order valence-electron chi connectivity index (χ4n) is 3.66. The molecule has 2 rings (SSSR count). The highest BCUT2D eigenvalue weighted by Gasteiger charge is 2.47. The molecule has 0 unspecified atom stereocenters. The molecule has 0 amide bonds. The van der Waals surface area contributed by atoms with E-state index in [1.165, 1.54) is 25.7 Å². The molecule has 1 saturated heterocycles. The Hall–Kier alpha value is 0.150. The highest BCUT2D eigenvalue weighted by molar-refractivity contribution is 7.39. The maximum Gasteiger partial charge on any atom is 0.205 e. The quantitative estimate of drug-likeness (QED) is 0.706. The summed E-state index contributed by atoms with van der Waals surface area (Å²) in [6.45, 7) is 15.5. The van der Waals surface area contributed by atoms with Crippen LogP contribution >= 0.6 is 8.10 Å². The summed E-state index contributed by atoms with van der Waals surface area (Å²) in [7, 11) is -1.76. The van der Waals surface area contributed by atoms with E-state index in [-0.39, 0.29) is 10.8 Å². The molecule has 0 aromatic heterocycles. The van der Waals surface area contributed by atoms with E-state index in [1.807, 2.05) is 0 Å². The Kier molecular flexibility index (Phi) is 4.74. The molecule has 3 nitrogen and oxygen atoms in total. The Labute approximate surface area is 126 Å². The maximum absolute atomic E-state index is 13.1. The van der Waals surface area contributed by atoms with Gasteiger partial charge in [-0.3, -0.25) is 4.57 Å². The van der Waals surface area contributed by atoms with Gasteiger partial charge in [-0.25, -0.2) is 9.34 Å². The molecule has 20 heavy (non-hydrogen) atoms. The Morgan fingerprint density at radius 2 is 1.20 bits per heavy atom. The van der Waals surface area contributed by atoms with Crippen LogP contribution in [0, 0.1) is 10.8 Å². The third kappa shape index (κ3) is 3.87. The van der Waals surface area contributed by atoms with Crippen molar-refractivity contribution in [2.45, 2.75) is 79.3 Å². The van der Waals surface area contributed by atoms with Crippen molar-refractivity contribution in [3.8, 4) is 0 Å². The molecule has 1 heterocycles. The average molecular weight is 300 g/mol. The van der Waals surface area contributed by atoms with Gasteiger partial charge in [-0.2, -0.15) is 0 Å². The number of nitrogens with zero attached hydrogens (tertiary/aromatic N) is 2. The molecule has 0 bridgehead atoms. The minimum absolute atomic E-state index is 0.222. The van der Waals surface area contributed by atoms with Gasteiger partial charge in [-0.15, -0.1) is 0 Å². The smallest absolute Gasteiger partial charge is 0.205 e. The Balaban J connectivity index is 2.20. The second-order valence-corrected chi connectivity index (χ2v) is 10.8. The molecule has 118 valence electrons. The molecule has 0 N–H and O–H groups in total. The van der Waals surface area contributed by atoms with Crippen molar-refractivity contribution in [1.29, 1.82) is 0 Å². The van der Waals surface area contributed by atoms with E-state index in [9.17, 15) is 4.57 Å². The van der Waals surface area contributed by atoms with Gasteiger partial charge >= 0.3 is 0 Å². The summed E-state index contributed by atoms with van der Waals surface area (Å²) < 4.78 is 17.8. The average Bonchev–Trinajstić information content (AvgIpc) is 2.52. The van der Waals surface area contributed by atoms with Gasteiger partial charge in [0.2, 0.25) is 8.10 Å². The SMILES string of the molecule is CC(C)(C)CN1[C@@H]2CCCC[C@H]2N(CC(C)(C)C)[PH]1=O. The van der Waals surface area contributed by atoms with Gasteiger partial charge in [0.15, 0.2) is 0 Å². The lowest BCUT2D eigenvalue weighted by atomic mass is 9.87. The molecule has 2 fully saturated rings. The zero-order chi connectivity index (χ0) is 15.1. The number of rotatable bonds is 2. The molecule has 4 heteroatoms. The van der Waals surface area contributed by atoms with Crippen molar-refractivity contribution < 1.29 is 4.57 Å². The molecule has 1 aliphatic heterocycles. The molecule has 1 saturated carbocycles. The van der Waals surface area contributed by atoms with Crippen LogP contribution in [-0.2, 0) is 4.57 Å². The third-order valence-electron chi connectivity index (χ3n) is 4.28. The lowest BCUT2D eigenvalue weighted by molar-refractivity contribution is 0.159. The highest BCUT2D eigenvalue weighted by Crippen LogP contribution is 2.51. The van der Waals surface area contributed by atoms with Crippen molar-refractivity contribution >= 4 is 8.10 Å². The predicted molar refractivity (Wildman–Crippen MR) is 87.4 cm³/mol. The predicted octanol–water partition coefficient (Wildman–Crippen LogP) is 4.40. The Morgan fingerprint density at radius 1 is 0.850 bits per heavy atom. The van der Waals surface area contributed by atoms with Crippen LogP contribution in [0.5, 0.6) is 0 Å². The van der Waals surface area contributed by atoms with Crippen LogP contribution in [0.15, 0.2) is 0 Å². The number of hydrogen-bond acceptors (Lipinski definition) is 1. The van der Waals surface area contributed by atoms with Gasteiger partial charge in [-0.1, -0.05) is 54.4 Å². The van der Waals surface area contributed by atoms with Crippen molar-refractivity contribution in [2.75, 3.05) is 13.1 Å². The molecular weight excluding hydrogens is 267 g/mol. The van der Waals surface area contributed by atoms with Crippen molar-refractivity contribution in [1.82, 2.24) is 9.34 Å². The first kappa shape index (κ1) is 16.5. The summed E-state index contributed by atoms with van der Waals surface area (Å²) in [5, 5.41) is 0. The third-order valence-corrected chi connectivity index (χ3v) is 6.24. The lowest BCUT2D eigenvalue weighted by Gasteiger charge is -2.34. The van der Waals surface area contributed by atoms with Gasteiger partial charge in [-0.05, 0) is 23.7 Å². The van der Waals surface area contributed by atoms with Gasteiger partial charge in [0.05, 0.1) is 0 Å². The first-order valence-electron chi connectivity index (χ1n) is 8.16.